The van der Waals surface area contributed by atoms with Crippen molar-refractivity contribution in [3.05, 3.63) is 54.4 Å². The summed E-state index contributed by atoms with van der Waals surface area (Å²) in [6.07, 6.45) is 4.63. The Hall–Kier alpha value is -3.20. The SMILES string of the molecule is C[C@H](Sc1nnc(-c2ccncc2)o1)C(=O)N/N=C\c1ccccc1O. The number of amides is 1. The number of carbonyl (C=O) groups is 1. The number of rotatable bonds is 6. The van der Waals surface area contributed by atoms with Gasteiger partial charge in [0.2, 0.25) is 5.89 Å². The molecule has 0 fully saturated rings. The van der Waals surface area contributed by atoms with Gasteiger partial charge in [0, 0.05) is 23.5 Å². The number of benzene rings is 1. The van der Waals surface area contributed by atoms with Crippen molar-refractivity contribution in [1.29, 1.82) is 0 Å². The molecule has 2 heterocycles. The molecular weight excluding hydrogens is 354 g/mol. The number of aromatic nitrogens is 3. The summed E-state index contributed by atoms with van der Waals surface area (Å²) in [7, 11) is 0. The Bertz CT molecular complexity index is 914. The molecule has 0 saturated carbocycles. The second-order valence-electron chi connectivity index (χ2n) is 5.16. The molecule has 0 saturated heterocycles. The van der Waals surface area contributed by atoms with E-state index in [2.05, 4.69) is 25.7 Å². The molecule has 9 heteroatoms. The number of hydrogen-bond acceptors (Lipinski definition) is 8. The largest absolute Gasteiger partial charge is 0.507 e. The van der Waals surface area contributed by atoms with Gasteiger partial charge in [-0.15, -0.1) is 10.2 Å². The molecule has 2 aromatic heterocycles. The Morgan fingerprint density at radius 3 is 2.81 bits per heavy atom. The summed E-state index contributed by atoms with van der Waals surface area (Å²) < 4.78 is 5.54. The second-order valence-corrected chi connectivity index (χ2v) is 6.45. The molecule has 0 radical (unpaired) electrons. The smallest absolute Gasteiger partial charge is 0.277 e. The summed E-state index contributed by atoms with van der Waals surface area (Å²) in [5.74, 6) is 0.118. The number of carbonyl (C=O) groups excluding carboxylic acids is 1. The topological polar surface area (TPSA) is 114 Å². The highest BCUT2D eigenvalue weighted by Crippen LogP contribution is 2.25. The van der Waals surface area contributed by atoms with Crippen LogP contribution in [0.2, 0.25) is 0 Å². The van der Waals surface area contributed by atoms with Gasteiger partial charge < -0.3 is 9.52 Å². The third-order valence-corrected chi connectivity index (χ3v) is 4.23. The number of nitrogens with one attached hydrogen (secondary N) is 1. The Morgan fingerprint density at radius 2 is 2.04 bits per heavy atom. The first-order valence-electron chi connectivity index (χ1n) is 7.65. The standard InChI is InChI=1S/C17H15N5O3S/c1-11(15(24)20-19-10-13-4-2-3-5-14(13)23)26-17-22-21-16(25-17)12-6-8-18-9-7-12/h2-11,23H,1H3,(H,20,24)/b19-10-/t11-/m0/s1. The van der Waals surface area contributed by atoms with Crippen LogP contribution in [-0.4, -0.2) is 37.7 Å². The number of para-hydroxylation sites is 1. The number of pyridine rings is 1. The molecular formula is C17H15N5O3S. The van der Waals surface area contributed by atoms with Crippen LogP contribution < -0.4 is 5.43 Å². The molecule has 3 aromatic rings. The van der Waals surface area contributed by atoms with Gasteiger partial charge in [0.25, 0.3) is 11.1 Å². The van der Waals surface area contributed by atoms with E-state index in [9.17, 15) is 9.90 Å². The van der Waals surface area contributed by atoms with E-state index in [1.807, 2.05) is 0 Å². The molecule has 3 rings (SSSR count). The van der Waals surface area contributed by atoms with Crippen molar-refractivity contribution in [3.8, 4) is 17.2 Å². The summed E-state index contributed by atoms with van der Waals surface area (Å²) in [6.45, 7) is 1.70. The summed E-state index contributed by atoms with van der Waals surface area (Å²) in [4.78, 5) is 16.0. The van der Waals surface area contributed by atoms with Crippen LogP contribution in [0.5, 0.6) is 5.75 Å². The first-order chi connectivity index (χ1) is 12.6. The molecule has 0 aliphatic heterocycles. The van der Waals surface area contributed by atoms with Crippen molar-refractivity contribution < 1.29 is 14.3 Å². The average Bonchev–Trinajstić information content (AvgIpc) is 3.12. The van der Waals surface area contributed by atoms with Crippen LogP contribution in [0.4, 0.5) is 0 Å². The van der Waals surface area contributed by atoms with Crippen molar-refractivity contribution in [2.75, 3.05) is 0 Å². The molecule has 0 aliphatic rings. The number of aromatic hydroxyl groups is 1. The summed E-state index contributed by atoms with van der Waals surface area (Å²) >= 11 is 1.13. The van der Waals surface area contributed by atoms with E-state index in [0.29, 0.717) is 11.5 Å². The molecule has 8 nitrogen and oxygen atoms in total. The zero-order chi connectivity index (χ0) is 18.4. The molecule has 0 unspecified atom stereocenters. The maximum absolute atomic E-state index is 12.1. The second kappa shape index (κ2) is 8.26. The van der Waals surface area contributed by atoms with Crippen molar-refractivity contribution in [2.24, 2.45) is 5.10 Å². The van der Waals surface area contributed by atoms with Crippen LogP contribution in [0, 0.1) is 0 Å². The van der Waals surface area contributed by atoms with Crippen molar-refractivity contribution in [2.45, 2.75) is 17.4 Å². The lowest BCUT2D eigenvalue weighted by Gasteiger charge is -2.05. The van der Waals surface area contributed by atoms with Crippen LogP contribution in [0.3, 0.4) is 0 Å². The molecule has 26 heavy (non-hydrogen) atoms. The van der Waals surface area contributed by atoms with Crippen molar-refractivity contribution >= 4 is 23.9 Å². The Morgan fingerprint density at radius 1 is 1.27 bits per heavy atom. The molecule has 1 amide bonds. The monoisotopic (exact) mass is 369 g/mol. The van der Waals surface area contributed by atoms with E-state index in [1.54, 1.807) is 49.6 Å². The van der Waals surface area contributed by atoms with E-state index >= 15 is 0 Å². The lowest BCUT2D eigenvalue weighted by Crippen LogP contribution is -2.26. The van der Waals surface area contributed by atoms with E-state index < -0.39 is 5.25 Å². The lowest BCUT2D eigenvalue weighted by atomic mass is 10.2. The molecule has 1 atom stereocenters. The highest BCUT2D eigenvalue weighted by Gasteiger charge is 2.18. The molecule has 1 aromatic carbocycles. The zero-order valence-corrected chi connectivity index (χ0v) is 14.6. The van der Waals surface area contributed by atoms with Crippen LogP contribution in [0.15, 0.2) is 63.5 Å². The predicted molar refractivity (Wildman–Crippen MR) is 96.7 cm³/mol. The van der Waals surface area contributed by atoms with E-state index in [-0.39, 0.29) is 16.9 Å². The first-order valence-corrected chi connectivity index (χ1v) is 8.53. The fourth-order valence-corrected chi connectivity index (χ4v) is 2.60. The lowest BCUT2D eigenvalue weighted by molar-refractivity contribution is -0.120. The van der Waals surface area contributed by atoms with Crippen LogP contribution in [-0.2, 0) is 4.79 Å². The van der Waals surface area contributed by atoms with Gasteiger partial charge in [-0.05, 0) is 31.2 Å². The maximum Gasteiger partial charge on any atom is 0.277 e. The predicted octanol–water partition coefficient (Wildman–Crippen LogP) is 2.47. The first kappa shape index (κ1) is 17.6. The van der Waals surface area contributed by atoms with Gasteiger partial charge in [0.05, 0.1) is 11.5 Å². The van der Waals surface area contributed by atoms with E-state index in [1.165, 1.54) is 12.3 Å². The van der Waals surface area contributed by atoms with Crippen LogP contribution in [0.1, 0.15) is 12.5 Å². The number of nitrogens with zero attached hydrogens (tertiary/aromatic N) is 4. The molecule has 0 aliphatic carbocycles. The Labute approximate surface area is 153 Å². The van der Waals surface area contributed by atoms with Crippen molar-refractivity contribution in [1.82, 2.24) is 20.6 Å². The summed E-state index contributed by atoms with van der Waals surface area (Å²) in [5, 5.41) is 21.2. The summed E-state index contributed by atoms with van der Waals surface area (Å²) in [5.41, 5.74) is 3.68. The van der Waals surface area contributed by atoms with Crippen molar-refractivity contribution in [3.63, 3.8) is 0 Å². The Balaban J connectivity index is 1.56. The summed E-state index contributed by atoms with van der Waals surface area (Å²) in [6, 6.07) is 10.2. The normalized spacial score (nSPS) is 12.2. The molecule has 0 spiro atoms. The van der Waals surface area contributed by atoms with E-state index in [0.717, 1.165) is 17.3 Å². The minimum atomic E-state index is -0.498. The minimum Gasteiger partial charge on any atom is -0.507 e. The highest BCUT2D eigenvalue weighted by molar-refractivity contribution is 8.00. The van der Waals surface area contributed by atoms with Crippen LogP contribution >= 0.6 is 11.8 Å². The third-order valence-electron chi connectivity index (χ3n) is 3.30. The number of hydrazone groups is 1. The highest BCUT2D eigenvalue weighted by atomic mass is 32.2. The third kappa shape index (κ3) is 4.45. The van der Waals surface area contributed by atoms with Gasteiger partial charge >= 0.3 is 0 Å². The number of thioether (sulfide) groups is 1. The number of hydrogen-bond donors (Lipinski definition) is 2. The molecule has 132 valence electrons. The van der Waals surface area contributed by atoms with Crippen LogP contribution in [0.25, 0.3) is 11.5 Å². The van der Waals surface area contributed by atoms with E-state index in [4.69, 9.17) is 4.42 Å². The maximum atomic E-state index is 12.1. The minimum absolute atomic E-state index is 0.0856. The van der Waals surface area contributed by atoms with Gasteiger partial charge in [0.15, 0.2) is 0 Å². The van der Waals surface area contributed by atoms with Gasteiger partial charge in [0.1, 0.15) is 5.75 Å². The van der Waals surface area contributed by atoms with Gasteiger partial charge in [-0.25, -0.2) is 5.43 Å². The number of phenolic OH excluding ortho intramolecular Hbond substituents is 1. The fourth-order valence-electron chi connectivity index (χ4n) is 1.93. The molecule has 0 bridgehead atoms. The van der Waals surface area contributed by atoms with Gasteiger partial charge in [-0.3, -0.25) is 9.78 Å². The van der Waals surface area contributed by atoms with Gasteiger partial charge in [-0.1, -0.05) is 23.9 Å². The Kier molecular flexibility index (Phi) is 5.59. The molecule has 2 N–H and O–H groups in total. The zero-order valence-electron chi connectivity index (χ0n) is 13.7. The average molecular weight is 369 g/mol. The quantitative estimate of drug-likeness (QED) is 0.390. The number of phenols is 1. The van der Waals surface area contributed by atoms with Gasteiger partial charge in [-0.2, -0.15) is 5.10 Å². The fraction of sp³-hybridized carbons (Fsp3) is 0.118.